The Balaban J connectivity index is 1.53. The molecule has 1 fully saturated rings. The average molecular weight is 354 g/mol. The lowest BCUT2D eigenvalue weighted by Gasteiger charge is -2.35. The molecule has 2 aromatic rings. The Hall–Kier alpha value is -2.96. The fourth-order valence-electron chi connectivity index (χ4n) is 3.15. The third kappa shape index (κ3) is 4.17. The summed E-state index contributed by atoms with van der Waals surface area (Å²) < 4.78 is 0. The number of carbonyl (C=O) groups is 1. The largest absolute Gasteiger partial charge is 0.353 e. The maximum Gasteiger partial charge on any atom is 0.287 e. The van der Waals surface area contributed by atoms with E-state index < -0.39 is 4.92 Å². The standard InChI is InChI=1S/C19H22N4O3/c1-15(16-5-3-2-4-6-16)13-19(24)22-11-9-21(10-12-22)18-8-7-17(14-20-18)23(25)26/h2-8,14-15H,9-13H2,1H3. The number of carbonyl (C=O) groups excluding carboxylic acids is 1. The van der Waals surface area contributed by atoms with Crippen LogP contribution in [0.4, 0.5) is 11.5 Å². The van der Waals surface area contributed by atoms with Crippen molar-refractivity contribution in [3.8, 4) is 0 Å². The molecule has 3 rings (SSSR count). The van der Waals surface area contributed by atoms with Crippen molar-refractivity contribution in [1.29, 1.82) is 0 Å². The number of nitrogens with zero attached hydrogens (tertiary/aromatic N) is 4. The van der Waals surface area contributed by atoms with Gasteiger partial charge in [0.05, 0.1) is 4.92 Å². The Morgan fingerprint density at radius 3 is 2.42 bits per heavy atom. The first kappa shape index (κ1) is 17.8. The van der Waals surface area contributed by atoms with Crippen LogP contribution in [0.5, 0.6) is 0 Å². The molecular weight excluding hydrogens is 332 g/mol. The SMILES string of the molecule is CC(CC(=O)N1CCN(c2ccc([N+](=O)[O-])cn2)CC1)c1ccccc1. The third-order valence-corrected chi connectivity index (χ3v) is 4.75. The van der Waals surface area contributed by atoms with Gasteiger partial charge in [-0.05, 0) is 17.5 Å². The number of anilines is 1. The molecule has 26 heavy (non-hydrogen) atoms. The zero-order chi connectivity index (χ0) is 18.5. The molecule has 2 heterocycles. The van der Waals surface area contributed by atoms with Crippen molar-refractivity contribution in [2.24, 2.45) is 0 Å². The van der Waals surface area contributed by atoms with E-state index in [1.807, 2.05) is 28.0 Å². The number of amides is 1. The molecule has 0 saturated carbocycles. The summed E-state index contributed by atoms with van der Waals surface area (Å²) in [4.78, 5) is 30.9. The van der Waals surface area contributed by atoms with Crippen LogP contribution in [-0.2, 0) is 4.79 Å². The second-order valence-corrected chi connectivity index (χ2v) is 6.52. The number of piperazine rings is 1. The second-order valence-electron chi connectivity index (χ2n) is 6.52. The predicted octanol–water partition coefficient (Wildman–Crippen LogP) is 2.83. The molecule has 1 aromatic heterocycles. The molecule has 7 nitrogen and oxygen atoms in total. The molecular formula is C19H22N4O3. The fraction of sp³-hybridized carbons (Fsp3) is 0.368. The Labute approximate surface area is 152 Å². The Morgan fingerprint density at radius 2 is 1.85 bits per heavy atom. The van der Waals surface area contributed by atoms with Crippen LogP contribution in [0.3, 0.4) is 0 Å². The fourth-order valence-corrected chi connectivity index (χ4v) is 3.15. The van der Waals surface area contributed by atoms with Crippen LogP contribution in [0, 0.1) is 10.1 Å². The van der Waals surface area contributed by atoms with Crippen LogP contribution in [0.25, 0.3) is 0 Å². The smallest absolute Gasteiger partial charge is 0.287 e. The molecule has 1 aliphatic rings. The van der Waals surface area contributed by atoms with Crippen molar-refractivity contribution in [3.05, 3.63) is 64.3 Å². The van der Waals surface area contributed by atoms with E-state index in [9.17, 15) is 14.9 Å². The highest BCUT2D eigenvalue weighted by Gasteiger charge is 2.23. The van der Waals surface area contributed by atoms with E-state index in [0.29, 0.717) is 38.4 Å². The number of benzene rings is 1. The number of rotatable bonds is 5. The molecule has 1 saturated heterocycles. The van der Waals surface area contributed by atoms with Gasteiger partial charge in [0.2, 0.25) is 5.91 Å². The molecule has 136 valence electrons. The van der Waals surface area contributed by atoms with E-state index in [4.69, 9.17) is 0 Å². The lowest BCUT2D eigenvalue weighted by molar-refractivity contribution is -0.385. The van der Waals surface area contributed by atoms with Crippen molar-refractivity contribution >= 4 is 17.4 Å². The Bertz CT molecular complexity index is 756. The zero-order valence-corrected chi connectivity index (χ0v) is 14.7. The van der Waals surface area contributed by atoms with Gasteiger partial charge in [-0.3, -0.25) is 14.9 Å². The highest BCUT2D eigenvalue weighted by atomic mass is 16.6. The molecule has 0 bridgehead atoms. The third-order valence-electron chi connectivity index (χ3n) is 4.75. The van der Waals surface area contributed by atoms with Crippen LogP contribution >= 0.6 is 0 Å². The van der Waals surface area contributed by atoms with Gasteiger partial charge in [-0.15, -0.1) is 0 Å². The summed E-state index contributed by atoms with van der Waals surface area (Å²) >= 11 is 0. The maximum absolute atomic E-state index is 12.6. The number of aromatic nitrogens is 1. The Kier molecular flexibility index (Phi) is 5.46. The molecule has 0 radical (unpaired) electrons. The van der Waals surface area contributed by atoms with Crippen molar-refractivity contribution in [3.63, 3.8) is 0 Å². The Morgan fingerprint density at radius 1 is 1.15 bits per heavy atom. The summed E-state index contributed by atoms with van der Waals surface area (Å²) in [5, 5.41) is 10.7. The zero-order valence-electron chi connectivity index (χ0n) is 14.7. The van der Waals surface area contributed by atoms with Crippen molar-refractivity contribution in [2.45, 2.75) is 19.3 Å². The number of pyridine rings is 1. The van der Waals surface area contributed by atoms with Gasteiger partial charge in [0.15, 0.2) is 0 Å². The predicted molar refractivity (Wildman–Crippen MR) is 99.2 cm³/mol. The lowest BCUT2D eigenvalue weighted by Crippen LogP contribution is -2.49. The number of hydrogen-bond donors (Lipinski definition) is 0. The summed E-state index contributed by atoms with van der Waals surface area (Å²) in [6, 6.07) is 13.2. The summed E-state index contributed by atoms with van der Waals surface area (Å²) in [6.07, 6.45) is 1.77. The lowest BCUT2D eigenvalue weighted by atomic mass is 9.97. The summed E-state index contributed by atoms with van der Waals surface area (Å²) in [7, 11) is 0. The summed E-state index contributed by atoms with van der Waals surface area (Å²) in [6.45, 7) is 4.70. The summed E-state index contributed by atoms with van der Waals surface area (Å²) in [5.74, 6) is 1.07. The highest BCUT2D eigenvalue weighted by Crippen LogP contribution is 2.21. The first-order valence-electron chi connectivity index (χ1n) is 8.72. The van der Waals surface area contributed by atoms with Crippen LogP contribution in [0.2, 0.25) is 0 Å². The minimum Gasteiger partial charge on any atom is -0.353 e. The van der Waals surface area contributed by atoms with Crippen LogP contribution in [0.1, 0.15) is 24.8 Å². The first-order valence-corrected chi connectivity index (χ1v) is 8.72. The van der Waals surface area contributed by atoms with Gasteiger partial charge in [-0.2, -0.15) is 0 Å². The van der Waals surface area contributed by atoms with E-state index >= 15 is 0 Å². The maximum atomic E-state index is 12.6. The molecule has 0 aliphatic carbocycles. The van der Waals surface area contributed by atoms with E-state index in [-0.39, 0.29) is 17.5 Å². The summed E-state index contributed by atoms with van der Waals surface area (Å²) in [5.41, 5.74) is 1.16. The molecule has 1 aromatic carbocycles. The molecule has 1 atom stereocenters. The van der Waals surface area contributed by atoms with Crippen molar-refractivity contribution < 1.29 is 9.72 Å². The van der Waals surface area contributed by atoms with Gasteiger partial charge in [-0.1, -0.05) is 37.3 Å². The quantitative estimate of drug-likeness (QED) is 0.609. The normalized spacial score (nSPS) is 15.6. The number of nitro groups is 1. The average Bonchev–Trinajstić information content (AvgIpc) is 2.69. The molecule has 1 unspecified atom stereocenters. The molecule has 1 aliphatic heterocycles. The number of hydrogen-bond acceptors (Lipinski definition) is 5. The van der Waals surface area contributed by atoms with Gasteiger partial charge in [0.1, 0.15) is 12.0 Å². The molecule has 1 amide bonds. The van der Waals surface area contributed by atoms with Gasteiger partial charge in [0.25, 0.3) is 5.69 Å². The molecule has 7 heteroatoms. The molecule has 0 N–H and O–H groups in total. The van der Waals surface area contributed by atoms with Gasteiger partial charge >= 0.3 is 0 Å². The minimum atomic E-state index is -0.457. The topological polar surface area (TPSA) is 79.6 Å². The van der Waals surface area contributed by atoms with Crippen molar-refractivity contribution in [1.82, 2.24) is 9.88 Å². The van der Waals surface area contributed by atoms with E-state index in [2.05, 4.69) is 24.0 Å². The van der Waals surface area contributed by atoms with Crippen LogP contribution in [-0.4, -0.2) is 46.9 Å². The minimum absolute atomic E-state index is 0.0162. The van der Waals surface area contributed by atoms with Gasteiger partial charge < -0.3 is 9.80 Å². The first-order chi connectivity index (χ1) is 12.5. The van der Waals surface area contributed by atoms with Crippen molar-refractivity contribution in [2.75, 3.05) is 31.1 Å². The highest BCUT2D eigenvalue weighted by molar-refractivity contribution is 5.77. The van der Waals surface area contributed by atoms with E-state index in [0.717, 1.165) is 0 Å². The van der Waals surface area contributed by atoms with Gasteiger partial charge in [0, 0.05) is 38.7 Å². The molecule has 0 spiro atoms. The second kappa shape index (κ2) is 7.95. The van der Waals surface area contributed by atoms with E-state index in [1.54, 1.807) is 6.07 Å². The van der Waals surface area contributed by atoms with Gasteiger partial charge in [-0.25, -0.2) is 4.98 Å². The van der Waals surface area contributed by atoms with Crippen LogP contribution < -0.4 is 4.90 Å². The monoisotopic (exact) mass is 354 g/mol. The van der Waals surface area contributed by atoms with Crippen LogP contribution in [0.15, 0.2) is 48.7 Å². The van der Waals surface area contributed by atoms with E-state index in [1.165, 1.54) is 17.8 Å².